The molecule has 2 aromatic rings. The van der Waals surface area contributed by atoms with Gasteiger partial charge in [-0.3, -0.25) is 14.4 Å². The highest BCUT2D eigenvalue weighted by molar-refractivity contribution is 6.30. The van der Waals surface area contributed by atoms with Crippen LogP contribution in [0.25, 0.3) is 0 Å². The Morgan fingerprint density at radius 3 is 2.55 bits per heavy atom. The summed E-state index contributed by atoms with van der Waals surface area (Å²) in [6, 6.07) is 15.2. The summed E-state index contributed by atoms with van der Waals surface area (Å²) < 4.78 is 5.71. The summed E-state index contributed by atoms with van der Waals surface area (Å²) in [4.78, 5) is 32.9. The van der Waals surface area contributed by atoms with Crippen LogP contribution in [-0.2, 0) is 21.0 Å². The molecule has 4 rings (SSSR count). The molecule has 0 radical (unpaired) electrons. The van der Waals surface area contributed by atoms with E-state index in [9.17, 15) is 9.59 Å². The van der Waals surface area contributed by atoms with E-state index in [1.165, 1.54) is 0 Å². The summed E-state index contributed by atoms with van der Waals surface area (Å²) in [5, 5.41) is 2.23. The largest absolute Gasteiger partial charge is 0.483 e. The van der Waals surface area contributed by atoms with Gasteiger partial charge in [-0.05, 0) is 55.5 Å². The van der Waals surface area contributed by atoms with Gasteiger partial charge in [-0.1, -0.05) is 41.9 Å². The minimum atomic E-state index is -0.323. The van der Waals surface area contributed by atoms with Crippen LogP contribution in [0.15, 0.2) is 48.5 Å². The van der Waals surface area contributed by atoms with Crippen LogP contribution in [0.4, 0.5) is 0 Å². The Labute approximate surface area is 187 Å². The maximum atomic E-state index is 12.7. The molecule has 2 amide bonds. The molecule has 2 aromatic carbocycles. The normalized spacial score (nSPS) is 17.9. The number of nitrogens with zero attached hydrogens (tertiary/aromatic N) is 2. The Morgan fingerprint density at radius 2 is 1.84 bits per heavy atom. The molecule has 2 heterocycles. The van der Waals surface area contributed by atoms with Crippen LogP contribution < -0.4 is 4.74 Å². The van der Waals surface area contributed by atoms with E-state index < -0.39 is 0 Å². The fraction of sp³-hybridized carbons (Fsp3) is 0.417. The average molecular weight is 443 g/mol. The van der Waals surface area contributed by atoms with Gasteiger partial charge in [0, 0.05) is 24.5 Å². The van der Waals surface area contributed by atoms with Crippen molar-refractivity contribution in [3.63, 3.8) is 0 Å². The van der Waals surface area contributed by atoms with Crippen LogP contribution in [0, 0.1) is 6.92 Å². The van der Waals surface area contributed by atoms with Gasteiger partial charge in [-0.25, -0.2) is 5.06 Å². The quantitative estimate of drug-likeness (QED) is 0.674. The van der Waals surface area contributed by atoms with Crippen molar-refractivity contribution >= 4 is 23.4 Å². The predicted octanol–water partition coefficient (Wildman–Crippen LogP) is 4.14. The number of likely N-dealkylation sites (tertiary alicyclic amines) is 1. The predicted molar refractivity (Wildman–Crippen MR) is 118 cm³/mol. The maximum Gasteiger partial charge on any atom is 0.260 e. The fourth-order valence-electron chi connectivity index (χ4n) is 4.36. The molecular weight excluding hydrogens is 416 g/mol. The molecule has 2 saturated heterocycles. The van der Waals surface area contributed by atoms with Gasteiger partial charge >= 0.3 is 0 Å². The molecule has 0 atom stereocenters. The number of ether oxygens (including phenoxy) is 1. The van der Waals surface area contributed by atoms with Crippen molar-refractivity contribution < 1.29 is 19.2 Å². The lowest BCUT2D eigenvalue weighted by Gasteiger charge is -2.43. The number of rotatable bonds is 6. The number of carbonyl (C=O) groups is 2. The van der Waals surface area contributed by atoms with Crippen LogP contribution >= 0.6 is 11.6 Å². The van der Waals surface area contributed by atoms with Gasteiger partial charge < -0.3 is 9.64 Å². The summed E-state index contributed by atoms with van der Waals surface area (Å²) in [5.74, 6) is 0.635. The van der Waals surface area contributed by atoms with Gasteiger partial charge in [0.25, 0.3) is 5.91 Å². The second kappa shape index (κ2) is 9.28. The summed E-state index contributed by atoms with van der Waals surface area (Å²) in [6.07, 6.45) is 2.67. The Hall–Kier alpha value is -2.57. The van der Waals surface area contributed by atoms with E-state index in [2.05, 4.69) is 0 Å². The van der Waals surface area contributed by atoms with Gasteiger partial charge in [0.2, 0.25) is 5.91 Å². The first-order valence-corrected chi connectivity index (χ1v) is 11.0. The van der Waals surface area contributed by atoms with Crippen LogP contribution in [-0.4, -0.2) is 47.0 Å². The standard InChI is InChI=1S/C24H27ClN2O4/c1-18-15-20(25)7-8-21(18)30-17-23(29)26-13-11-24(12-14-26)10-9-22(28)27(24)31-16-19-5-3-2-4-6-19/h2-8,15H,9-14,16-17H2,1H3. The van der Waals surface area contributed by atoms with E-state index in [-0.39, 0.29) is 24.0 Å². The highest BCUT2D eigenvalue weighted by atomic mass is 35.5. The van der Waals surface area contributed by atoms with Gasteiger partial charge in [-0.2, -0.15) is 0 Å². The molecule has 2 aliphatic heterocycles. The van der Waals surface area contributed by atoms with E-state index >= 15 is 0 Å². The minimum Gasteiger partial charge on any atom is -0.483 e. The van der Waals surface area contributed by atoms with Crippen LogP contribution in [0.3, 0.4) is 0 Å². The second-order valence-electron chi connectivity index (χ2n) is 8.25. The molecule has 6 nitrogen and oxygen atoms in total. The third-order valence-corrected chi connectivity index (χ3v) is 6.43. The molecule has 2 fully saturated rings. The monoisotopic (exact) mass is 442 g/mol. The molecule has 7 heteroatoms. The number of hydrogen-bond donors (Lipinski definition) is 0. The lowest BCUT2D eigenvalue weighted by atomic mass is 9.86. The first-order valence-electron chi connectivity index (χ1n) is 10.6. The zero-order valence-corrected chi connectivity index (χ0v) is 18.4. The van der Waals surface area contributed by atoms with Crippen molar-refractivity contribution in [2.45, 2.75) is 44.8 Å². The highest BCUT2D eigenvalue weighted by Gasteiger charge is 2.48. The first-order chi connectivity index (χ1) is 15.0. The summed E-state index contributed by atoms with van der Waals surface area (Å²) >= 11 is 5.97. The average Bonchev–Trinajstić information content (AvgIpc) is 3.07. The van der Waals surface area contributed by atoms with Crippen LogP contribution in [0.1, 0.15) is 36.8 Å². The zero-order valence-electron chi connectivity index (χ0n) is 17.7. The second-order valence-corrected chi connectivity index (χ2v) is 8.69. The molecule has 0 saturated carbocycles. The van der Waals surface area contributed by atoms with Crippen molar-refractivity contribution in [3.8, 4) is 5.75 Å². The Balaban J connectivity index is 1.32. The topological polar surface area (TPSA) is 59.1 Å². The third kappa shape index (κ3) is 4.86. The van der Waals surface area contributed by atoms with Crippen molar-refractivity contribution in [2.24, 2.45) is 0 Å². The van der Waals surface area contributed by atoms with E-state index in [0.29, 0.717) is 49.7 Å². The lowest BCUT2D eigenvalue weighted by Crippen LogP contribution is -2.54. The van der Waals surface area contributed by atoms with E-state index in [4.69, 9.17) is 21.2 Å². The van der Waals surface area contributed by atoms with E-state index in [1.807, 2.05) is 48.2 Å². The third-order valence-electron chi connectivity index (χ3n) is 6.20. The van der Waals surface area contributed by atoms with Crippen molar-refractivity contribution in [1.82, 2.24) is 9.96 Å². The molecule has 0 N–H and O–H groups in total. The number of hydroxylamine groups is 2. The molecule has 0 aliphatic carbocycles. The minimum absolute atomic E-state index is 0.0113. The van der Waals surface area contributed by atoms with Gasteiger partial charge in [0.05, 0.1) is 5.54 Å². The van der Waals surface area contributed by atoms with Gasteiger partial charge in [0.1, 0.15) is 12.4 Å². The molecule has 31 heavy (non-hydrogen) atoms. The molecule has 0 unspecified atom stereocenters. The zero-order chi connectivity index (χ0) is 21.8. The van der Waals surface area contributed by atoms with Crippen molar-refractivity contribution in [3.05, 3.63) is 64.7 Å². The molecule has 2 aliphatic rings. The van der Waals surface area contributed by atoms with Crippen LogP contribution in [0.2, 0.25) is 5.02 Å². The van der Waals surface area contributed by atoms with Crippen molar-refractivity contribution in [2.75, 3.05) is 19.7 Å². The number of hydrogen-bond acceptors (Lipinski definition) is 4. The number of amides is 2. The first kappa shape index (κ1) is 21.7. The Bertz CT molecular complexity index is 942. The molecule has 1 spiro atoms. The summed E-state index contributed by atoms with van der Waals surface area (Å²) in [6.45, 7) is 3.42. The number of halogens is 1. The number of aryl methyl sites for hydroxylation is 1. The summed E-state index contributed by atoms with van der Waals surface area (Å²) in [7, 11) is 0. The van der Waals surface area contributed by atoms with Crippen LogP contribution in [0.5, 0.6) is 5.75 Å². The maximum absolute atomic E-state index is 12.7. The number of piperidine rings is 1. The molecule has 164 valence electrons. The Kier molecular flexibility index (Phi) is 6.49. The lowest BCUT2D eigenvalue weighted by molar-refractivity contribution is -0.222. The smallest absolute Gasteiger partial charge is 0.260 e. The number of carbonyl (C=O) groups excluding carboxylic acids is 2. The number of benzene rings is 2. The van der Waals surface area contributed by atoms with E-state index in [1.54, 1.807) is 17.2 Å². The molecule has 0 bridgehead atoms. The Morgan fingerprint density at radius 1 is 1.10 bits per heavy atom. The fourth-order valence-corrected chi connectivity index (χ4v) is 4.59. The van der Waals surface area contributed by atoms with Crippen molar-refractivity contribution in [1.29, 1.82) is 0 Å². The van der Waals surface area contributed by atoms with Gasteiger partial charge in [0.15, 0.2) is 6.61 Å². The van der Waals surface area contributed by atoms with Gasteiger partial charge in [-0.15, -0.1) is 0 Å². The SMILES string of the molecule is Cc1cc(Cl)ccc1OCC(=O)N1CCC2(CCC(=O)N2OCc2ccccc2)CC1. The highest BCUT2D eigenvalue weighted by Crippen LogP contribution is 2.39. The molecular formula is C24H27ClN2O4. The molecule has 0 aromatic heterocycles. The summed E-state index contributed by atoms with van der Waals surface area (Å²) in [5.41, 5.74) is 1.60. The van der Waals surface area contributed by atoms with E-state index in [0.717, 1.165) is 17.5 Å².